The quantitative estimate of drug-likeness (QED) is 0.251. The molecule has 1 aromatic heterocycles. The number of aromatic carboxylic acids is 2. The predicted molar refractivity (Wildman–Crippen MR) is 150 cm³/mol. The lowest BCUT2D eigenvalue weighted by Gasteiger charge is -2.02. The van der Waals surface area contributed by atoms with Gasteiger partial charge in [-0.2, -0.15) is 0 Å². The molecule has 0 amide bonds. The molecule has 4 aromatic carbocycles. The molecule has 10 heteroatoms. The Morgan fingerprint density at radius 2 is 0.825 bits per heavy atom. The minimum Gasteiger partial charge on any atom is -0.478 e. The Labute approximate surface area is 228 Å². The molecule has 0 bridgehead atoms. The van der Waals surface area contributed by atoms with Gasteiger partial charge in [0.15, 0.2) is 0 Å². The van der Waals surface area contributed by atoms with Crippen molar-refractivity contribution < 1.29 is 19.8 Å². The number of carboxylic acids is 2. The van der Waals surface area contributed by atoms with Crippen molar-refractivity contribution in [1.82, 2.24) is 20.4 Å². The van der Waals surface area contributed by atoms with Crippen LogP contribution in [0.2, 0.25) is 0 Å². The second-order valence-electron chi connectivity index (χ2n) is 8.51. The van der Waals surface area contributed by atoms with Crippen molar-refractivity contribution in [2.24, 2.45) is 9.98 Å². The summed E-state index contributed by atoms with van der Waals surface area (Å²) >= 11 is 0. The Hall–Kier alpha value is -5.90. The highest BCUT2D eigenvalue weighted by Gasteiger charge is 2.07. The third kappa shape index (κ3) is 6.32. The molecule has 0 fully saturated rings. The van der Waals surface area contributed by atoms with E-state index in [1.165, 1.54) is 24.3 Å². The minimum atomic E-state index is -0.971. The predicted octanol–water partition coefficient (Wildman–Crippen LogP) is 5.50. The Bertz CT molecular complexity index is 1570. The number of carbonyl (C=O) groups is 2. The van der Waals surface area contributed by atoms with Gasteiger partial charge in [-0.15, -0.1) is 20.4 Å². The van der Waals surface area contributed by atoms with E-state index in [4.69, 9.17) is 10.2 Å². The molecule has 0 atom stereocenters. The maximum absolute atomic E-state index is 11.0. The molecular formula is C30H20N6O4. The summed E-state index contributed by atoms with van der Waals surface area (Å²) in [5.41, 5.74) is 4.91. The number of carboxylic acid groups (broad SMARTS) is 2. The molecule has 5 aromatic rings. The molecule has 1 heterocycles. The van der Waals surface area contributed by atoms with Crippen LogP contribution in [-0.2, 0) is 0 Å². The number of hydrogen-bond acceptors (Lipinski definition) is 8. The summed E-state index contributed by atoms with van der Waals surface area (Å²) in [6, 6.07) is 27.4. The average molecular weight is 529 g/mol. The number of nitrogens with zero attached hydrogens (tertiary/aromatic N) is 6. The van der Waals surface area contributed by atoms with E-state index < -0.39 is 11.9 Å². The van der Waals surface area contributed by atoms with Gasteiger partial charge in [-0.1, -0.05) is 24.3 Å². The molecule has 0 aliphatic heterocycles. The van der Waals surface area contributed by atoms with Crippen molar-refractivity contribution >= 4 is 35.7 Å². The molecule has 10 nitrogen and oxygen atoms in total. The molecule has 2 N–H and O–H groups in total. The number of aromatic nitrogens is 4. The van der Waals surface area contributed by atoms with Gasteiger partial charge in [-0.25, -0.2) is 9.59 Å². The van der Waals surface area contributed by atoms with Crippen LogP contribution in [-0.4, -0.2) is 55.0 Å². The summed E-state index contributed by atoms with van der Waals surface area (Å²) in [6.45, 7) is 0. The largest absolute Gasteiger partial charge is 0.478 e. The third-order valence-corrected chi connectivity index (χ3v) is 5.77. The van der Waals surface area contributed by atoms with Gasteiger partial charge >= 0.3 is 11.9 Å². The van der Waals surface area contributed by atoms with Crippen LogP contribution in [0.15, 0.2) is 107 Å². The van der Waals surface area contributed by atoms with Crippen LogP contribution in [0.25, 0.3) is 22.8 Å². The van der Waals surface area contributed by atoms with Crippen LogP contribution < -0.4 is 0 Å². The lowest BCUT2D eigenvalue weighted by atomic mass is 10.1. The molecule has 0 aliphatic carbocycles. The van der Waals surface area contributed by atoms with Gasteiger partial charge in [0.2, 0.25) is 11.6 Å². The fourth-order valence-electron chi connectivity index (χ4n) is 3.58. The van der Waals surface area contributed by atoms with Gasteiger partial charge in [0, 0.05) is 23.6 Å². The Morgan fingerprint density at radius 3 is 1.12 bits per heavy atom. The fraction of sp³-hybridized carbons (Fsp3) is 0. The fourth-order valence-corrected chi connectivity index (χ4v) is 3.58. The first-order chi connectivity index (χ1) is 19.4. The van der Waals surface area contributed by atoms with E-state index >= 15 is 0 Å². The van der Waals surface area contributed by atoms with Gasteiger partial charge in [-0.3, -0.25) is 9.98 Å². The molecule has 0 saturated carbocycles. The average Bonchev–Trinajstić information content (AvgIpc) is 3.00. The van der Waals surface area contributed by atoms with E-state index in [0.717, 1.165) is 22.3 Å². The molecule has 0 aliphatic rings. The van der Waals surface area contributed by atoms with E-state index in [0.29, 0.717) is 23.0 Å². The van der Waals surface area contributed by atoms with E-state index in [9.17, 15) is 9.59 Å². The Balaban J connectivity index is 1.21. The monoisotopic (exact) mass is 528 g/mol. The SMILES string of the molecule is O=C(O)c1ccc(/C=N/c2ccc(-c3nnc(-c4ccc(/N=C/c5ccc(C(=O)O)cc5)cc4)nn3)cc2)cc1. The van der Waals surface area contributed by atoms with E-state index in [1.54, 1.807) is 36.7 Å². The second kappa shape index (κ2) is 11.7. The van der Waals surface area contributed by atoms with E-state index in [-0.39, 0.29) is 11.1 Å². The number of rotatable bonds is 8. The number of benzene rings is 4. The van der Waals surface area contributed by atoms with Crippen molar-refractivity contribution in [1.29, 1.82) is 0 Å². The van der Waals surface area contributed by atoms with Crippen LogP contribution in [0.1, 0.15) is 31.8 Å². The lowest BCUT2D eigenvalue weighted by molar-refractivity contribution is 0.0686. The Kier molecular flexibility index (Phi) is 7.50. The van der Waals surface area contributed by atoms with E-state index in [1.807, 2.05) is 48.5 Å². The van der Waals surface area contributed by atoms with Crippen molar-refractivity contribution in [2.75, 3.05) is 0 Å². The topological polar surface area (TPSA) is 151 Å². The third-order valence-electron chi connectivity index (χ3n) is 5.77. The molecule has 0 radical (unpaired) electrons. The summed E-state index contributed by atoms with van der Waals surface area (Å²) in [4.78, 5) is 30.7. The Morgan fingerprint density at radius 1 is 0.500 bits per heavy atom. The molecule has 5 rings (SSSR count). The zero-order valence-corrected chi connectivity index (χ0v) is 20.8. The lowest BCUT2D eigenvalue weighted by Crippen LogP contribution is -1.99. The van der Waals surface area contributed by atoms with Crippen molar-refractivity contribution in [2.45, 2.75) is 0 Å². The highest BCUT2D eigenvalue weighted by Crippen LogP contribution is 2.22. The van der Waals surface area contributed by atoms with Crippen molar-refractivity contribution in [3.63, 3.8) is 0 Å². The zero-order chi connectivity index (χ0) is 27.9. The second-order valence-corrected chi connectivity index (χ2v) is 8.51. The smallest absolute Gasteiger partial charge is 0.335 e. The maximum atomic E-state index is 11.0. The summed E-state index contributed by atoms with van der Waals surface area (Å²) in [6.07, 6.45) is 3.31. The van der Waals surface area contributed by atoms with Crippen molar-refractivity contribution in [3.8, 4) is 22.8 Å². The number of aliphatic imine (C=N–C) groups is 2. The molecule has 194 valence electrons. The zero-order valence-electron chi connectivity index (χ0n) is 20.8. The van der Waals surface area contributed by atoms with Crippen LogP contribution in [0.3, 0.4) is 0 Å². The first kappa shape index (κ1) is 25.7. The van der Waals surface area contributed by atoms with Gasteiger partial charge < -0.3 is 10.2 Å². The molecule has 40 heavy (non-hydrogen) atoms. The van der Waals surface area contributed by atoms with Crippen molar-refractivity contribution in [3.05, 3.63) is 119 Å². The van der Waals surface area contributed by atoms with Gasteiger partial charge in [0.1, 0.15) is 0 Å². The minimum absolute atomic E-state index is 0.222. The first-order valence-electron chi connectivity index (χ1n) is 12.0. The molecule has 0 unspecified atom stereocenters. The van der Waals surface area contributed by atoms with Gasteiger partial charge in [0.05, 0.1) is 22.5 Å². The highest BCUT2D eigenvalue weighted by molar-refractivity contribution is 5.90. The summed E-state index contributed by atoms with van der Waals surface area (Å²) in [5, 5.41) is 34.8. The van der Waals surface area contributed by atoms with Gasteiger partial charge in [0.25, 0.3) is 0 Å². The summed E-state index contributed by atoms with van der Waals surface area (Å²) in [7, 11) is 0. The highest BCUT2D eigenvalue weighted by atomic mass is 16.4. The van der Waals surface area contributed by atoms with Crippen LogP contribution in [0, 0.1) is 0 Å². The van der Waals surface area contributed by atoms with E-state index in [2.05, 4.69) is 30.4 Å². The maximum Gasteiger partial charge on any atom is 0.335 e. The molecule has 0 saturated heterocycles. The number of hydrogen-bond donors (Lipinski definition) is 2. The molecule has 0 spiro atoms. The van der Waals surface area contributed by atoms with Gasteiger partial charge in [-0.05, 0) is 83.9 Å². The van der Waals surface area contributed by atoms with Crippen LogP contribution in [0.5, 0.6) is 0 Å². The van der Waals surface area contributed by atoms with Crippen LogP contribution in [0.4, 0.5) is 11.4 Å². The van der Waals surface area contributed by atoms with Crippen LogP contribution >= 0.6 is 0 Å². The summed E-state index contributed by atoms with van der Waals surface area (Å²) < 4.78 is 0. The standard InChI is InChI=1S/C30H20N6O4/c37-29(38)23-5-1-19(2-6-23)17-31-25-13-9-21(10-14-25)27-33-35-28(36-34-27)22-11-15-26(16-12-22)32-18-20-3-7-24(8-4-20)30(39)40/h1-18H,(H,37,38)(H,39,40)/b31-17+,32-18+. The first-order valence-corrected chi connectivity index (χ1v) is 12.0. The molecular weight excluding hydrogens is 508 g/mol. The normalized spacial score (nSPS) is 11.2. The summed E-state index contributed by atoms with van der Waals surface area (Å²) in [5.74, 6) is -1.19.